The summed E-state index contributed by atoms with van der Waals surface area (Å²) in [5.41, 5.74) is 4.59. The molecule has 1 aromatic carbocycles. The van der Waals surface area contributed by atoms with E-state index in [1.165, 1.54) is 11.1 Å². The van der Waals surface area contributed by atoms with Crippen molar-refractivity contribution in [2.45, 2.75) is 52.4 Å². The van der Waals surface area contributed by atoms with Crippen LogP contribution in [-0.4, -0.2) is 11.8 Å². The van der Waals surface area contributed by atoms with Gasteiger partial charge in [-0.15, -0.1) is 0 Å². The Balaban J connectivity index is 2.34. The van der Waals surface area contributed by atoms with Gasteiger partial charge in [0.2, 0.25) is 0 Å². The Bertz CT molecular complexity index is 611. The van der Waals surface area contributed by atoms with Gasteiger partial charge in [0, 0.05) is 0 Å². The van der Waals surface area contributed by atoms with Gasteiger partial charge in [0.1, 0.15) is 5.75 Å². The lowest BCUT2D eigenvalue weighted by Crippen LogP contribution is -2.12. The van der Waals surface area contributed by atoms with E-state index in [1.807, 2.05) is 0 Å². The van der Waals surface area contributed by atoms with Crippen LogP contribution >= 0.6 is 0 Å². The molecular formula is C16H21NO2. The largest absolute Gasteiger partial charge is 0.492 e. The van der Waals surface area contributed by atoms with Gasteiger partial charge in [-0.25, -0.2) is 0 Å². The number of benzene rings is 1. The molecule has 0 radical (unpaired) electrons. The number of nitrogens with zero attached hydrogens (tertiary/aromatic N) is 1. The van der Waals surface area contributed by atoms with Crippen LogP contribution in [0.4, 0.5) is 0 Å². The van der Waals surface area contributed by atoms with Gasteiger partial charge in [-0.05, 0) is 41.9 Å². The van der Waals surface area contributed by atoms with Gasteiger partial charge in [0.15, 0.2) is 5.58 Å². The molecule has 0 saturated heterocycles. The highest BCUT2D eigenvalue weighted by molar-refractivity contribution is 5.89. The second-order valence-corrected chi connectivity index (χ2v) is 5.98. The van der Waals surface area contributed by atoms with E-state index in [4.69, 9.17) is 9.26 Å². The minimum absolute atomic E-state index is 0.348. The Labute approximate surface area is 113 Å². The first kappa shape index (κ1) is 12.5. The molecule has 1 aromatic heterocycles. The third-order valence-corrected chi connectivity index (χ3v) is 3.87. The van der Waals surface area contributed by atoms with Gasteiger partial charge in [0.25, 0.3) is 0 Å². The van der Waals surface area contributed by atoms with Crippen LogP contribution in [0, 0.1) is 0 Å². The average Bonchev–Trinajstić information content (AvgIpc) is 2.81. The second kappa shape index (κ2) is 4.55. The van der Waals surface area contributed by atoms with Gasteiger partial charge in [-0.3, -0.25) is 0 Å². The van der Waals surface area contributed by atoms with E-state index in [9.17, 15) is 0 Å². The van der Waals surface area contributed by atoms with Crippen molar-refractivity contribution in [2.75, 3.05) is 6.61 Å². The molecule has 3 nitrogen and oxygen atoms in total. The predicted molar refractivity (Wildman–Crippen MR) is 76.0 cm³/mol. The highest BCUT2D eigenvalue weighted by Gasteiger charge is 2.25. The molecule has 0 aliphatic carbocycles. The third kappa shape index (κ3) is 1.92. The summed E-state index contributed by atoms with van der Waals surface area (Å²) in [6.07, 6.45) is 2.20. The first-order valence-corrected chi connectivity index (χ1v) is 7.17. The summed E-state index contributed by atoms with van der Waals surface area (Å²) in [5.74, 6) is 1.85. The Kier molecular flexibility index (Phi) is 3.00. The normalized spacial score (nSPS) is 15.1. The van der Waals surface area contributed by atoms with Crippen molar-refractivity contribution < 1.29 is 9.26 Å². The van der Waals surface area contributed by atoms with Crippen molar-refractivity contribution in [1.82, 2.24) is 5.16 Å². The molecule has 2 heterocycles. The van der Waals surface area contributed by atoms with Crippen molar-refractivity contribution in [2.24, 2.45) is 0 Å². The fourth-order valence-electron chi connectivity index (χ4n) is 2.90. The summed E-state index contributed by atoms with van der Waals surface area (Å²) in [6.45, 7) is 9.52. The first-order valence-electron chi connectivity index (χ1n) is 7.17. The van der Waals surface area contributed by atoms with Crippen LogP contribution in [0.2, 0.25) is 0 Å². The molecule has 0 bridgehead atoms. The monoisotopic (exact) mass is 259 g/mol. The van der Waals surface area contributed by atoms with Crippen LogP contribution in [0.5, 0.6) is 5.75 Å². The van der Waals surface area contributed by atoms with Crippen LogP contribution in [-0.2, 0) is 6.42 Å². The molecule has 1 aliphatic heterocycles. The number of ether oxygens (including phenoxy) is 1. The molecule has 0 unspecified atom stereocenters. The SMILES string of the molecule is CC(C)c1cc2onc(C(C)C)c2c2c1CCCO2. The predicted octanol–water partition coefficient (Wildman–Crippen LogP) is 4.40. The van der Waals surface area contributed by atoms with E-state index in [-0.39, 0.29) is 0 Å². The molecule has 0 saturated carbocycles. The van der Waals surface area contributed by atoms with Gasteiger partial charge >= 0.3 is 0 Å². The molecule has 0 N–H and O–H groups in total. The smallest absolute Gasteiger partial charge is 0.171 e. The highest BCUT2D eigenvalue weighted by atomic mass is 16.5. The van der Waals surface area contributed by atoms with E-state index in [0.29, 0.717) is 11.8 Å². The lowest BCUT2D eigenvalue weighted by Gasteiger charge is -2.23. The topological polar surface area (TPSA) is 35.3 Å². The summed E-state index contributed by atoms with van der Waals surface area (Å²) in [5, 5.41) is 5.34. The summed E-state index contributed by atoms with van der Waals surface area (Å²) in [7, 11) is 0. The molecule has 19 heavy (non-hydrogen) atoms. The average molecular weight is 259 g/mol. The maximum Gasteiger partial charge on any atom is 0.171 e. The standard InChI is InChI=1S/C16H21NO2/c1-9(2)12-8-13-14(15(10(3)4)17-19-13)16-11(12)6-5-7-18-16/h8-10H,5-7H2,1-4H3. The molecule has 0 fully saturated rings. The zero-order chi connectivity index (χ0) is 13.6. The molecule has 102 valence electrons. The molecule has 1 aliphatic rings. The fraction of sp³-hybridized carbons (Fsp3) is 0.562. The van der Waals surface area contributed by atoms with Crippen LogP contribution in [0.15, 0.2) is 10.6 Å². The van der Waals surface area contributed by atoms with Gasteiger partial charge in [-0.2, -0.15) is 0 Å². The molecule has 0 amide bonds. The molecular weight excluding hydrogens is 238 g/mol. The number of rotatable bonds is 2. The number of hydrogen-bond acceptors (Lipinski definition) is 3. The molecule has 3 heteroatoms. The first-order chi connectivity index (χ1) is 9.09. The van der Waals surface area contributed by atoms with E-state index in [1.54, 1.807) is 0 Å². The van der Waals surface area contributed by atoms with Crippen molar-refractivity contribution >= 4 is 11.0 Å². The minimum Gasteiger partial charge on any atom is -0.492 e. The zero-order valence-electron chi connectivity index (χ0n) is 12.1. The van der Waals surface area contributed by atoms with Crippen LogP contribution in [0.25, 0.3) is 11.0 Å². The van der Waals surface area contributed by atoms with Crippen molar-refractivity contribution in [3.8, 4) is 5.75 Å². The van der Waals surface area contributed by atoms with Gasteiger partial charge < -0.3 is 9.26 Å². The summed E-state index contributed by atoms with van der Waals surface area (Å²) in [4.78, 5) is 0. The lowest BCUT2D eigenvalue weighted by atomic mass is 9.90. The minimum atomic E-state index is 0.348. The lowest BCUT2D eigenvalue weighted by molar-refractivity contribution is 0.291. The Morgan fingerprint density at radius 1 is 1.16 bits per heavy atom. The number of fused-ring (bicyclic) bond motifs is 3. The maximum atomic E-state index is 5.98. The zero-order valence-corrected chi connectivity index (χ0v) is 12.1. The van der Waals surface area contributed by atoms with Crippen LogP contribution in [0.3, 0.4) is 0 Å². The molecule has 0 atom stereocenters. The van der Waals surface area contributed by atoms with Crippen molar-refractivity contribution in [3.05, 3.63) is 22.9 Å². The Morgan fingerprint density at radius 3 is 2.63 bits per heavy atom. The molecule has 3 rings (SSSR count). The third-order valence-electron chi connectivity index (χ3n) is 3.87. The molecule has 2 aromatic rings. The van der Waals surface area contributed by atoms with E-state index >= 15 is 0 Å². The highest BCUT2D eigenvalue weighted by Crippen LogP contribution is 2.41. The number of hydrogen-bond donors (Lipinski definition) is 0. The van der Waals surface area contributed by atoms with E-state index in [2.05, 4.69) is 38.9 Å². The van der Waals surface area contributed by atoms with Crippen LogP contribution < -0.4 is 4.74 Å². The van der Waals surface area contributed by atoms with E-state index < -0.39 is 0 Å². The number of aromatic nitrogens is 1. The maximum absolute atomic E-state index is 5.98. The Morgan fingerprint density at radius 2 is 1.95 bits per heavy atom. The summed E-state index contributed by atoms with van der Waals surface area (Å²) in [6, 6.07) is 2.16. The fourth-order valence-corrected chi connectivity index (χ4v) is 2.90. The second-order valence-electron chi connectivity index (χ2n) is 5.98. The summed E-state index contributed by atoms with van der Waals surface area (Å²) >= 11 is 0. The van der Waals surface area contributed by atoms with Gasteiger partial charge in [-0.1, -0.05) is 32.9 Å². The van der Waals surface area contributed by atoms with E-state index in [0.717, 1.165) is 41.9 Å². The quantitative estimate of drug-likeness (QED) is 0.801. The summed E-state index contributed by atoms with van der Waals surface area (Å²) < 4.78 is 11.5. The molecule has 0 spiro atoms. The van der Waals surface area contributed by atoms with Crippen molar-refractivity contribution in [3.63, 3.8) is 0 Å². The van der Waals surface area contributed by atoms with Gasteiger partial charge in [0.05, 0.1) is 17.7 Å². The Hall–Kier alpha value is -1.51. The van der Waals surface area contributed by atoms with Crippen LogP contribution in [0.1, 0.15) is 62.8 Å². The van der Waals surface area contributed by atoms with Crippen molar-refractivity contribution in [1.29, 1.82) is 0 Å².